The molecule has 24 heavy (non-hydrogen) atoms. The average molecular weight is 333 g/mol. The number of imidazole rings is 1. The smallest absolute Gasteiger partial charge is 0.222 e. The first-order valence-corrected chi connectivity index (χ1v) is 8.07. The van der Waals surface area contributed by atoms with Gasteiger partial charge in [-0.05, 0) is 26.3 Å². The molecule has 1 aliphatic rings. The number of nitrogens with zero attached hydrogens (tertiary/aromatic N) is 5. The van der Waals surface area contributed by atoms with Crippen LogP contribution in [0, 0.1) is 0 Å². The van der Waals surface area contributed by atoms with E-state index in [9.17, 15) is 9.90 Å². The number of likely N-dealkylation sites (tertiary alicyclic amines) is 1. The van der Waals surface area contributed by atoms with Gasteiger partial charge in [-0.25, -0.2) is 15.0 Å². The molecule has 130 valence electrons. The molecule has 3 rings (SSSR count). The first kappa shape index (κ1) is 16.6. The zero-order valence-corrected chi connectivity index (χ0v) is 13.7. The Balaban J connectivity index is 1.83. The minimum absolute atomic E-state index is 0.0289. The van der Waals surface area contributed by atoms with Crippen LogP contribution in [0.15, 0.2) is 12.7 Å². The Morgan fingerprint density at radius 1 is 1.46 bits per heavy atom. The summed E-state index contributed by atoms with van der Waals surface area (Å²) >= 11 is 0. The molecule has 9 nitrogen and oxygen atoms in total. The molecule has 9 heteroatoms. The first-order valence-electron chi connectivity index (χ1n) is 8.07. The van der Waals surface area contributed by atoms with E-state index in [-0.39, 0.29) is 18.5 Å². The predicted molar refractivity (Wildman–Crippen MR) is 88.9 cm³/mol. The molecule has 2 aromatic rings. The number of carbonyl (C=O) groups excluding carboxylic acids is 1. The highest BCUT2D eigenvalue weighted by Crippen LogP contribution is 2.34. The molecule has 0 radical (unpaired) electrons. The van der Waals surface area contributed by atoms with Crippen LogP contribution in [0.3, 0.4) is 0 Å². The zero-order valence-electron chi connectivity index (χ0n) is 13.7. The van der Waals surface area contributed by atoms with Gasteiger partial charge in [0.2, 0.25) is 5.91 Å². The van der Waals surface area contributed by atoms with Crippen LogP contribution in [0.4, 0.5) is 5.82 Å². The molecular weight excluding hydrogens is 310 g/mol. The maximum absolute atomic E-state index is 12.2. The highest BCUT2D eigenvalue weighted by atomic mass is 16.3. The molecule has 0 bridgehead atoms. The highest BCUT2D eigenvalue weighted by molar-refractivity contribution is 5.81. The van der Waals surface area contributed by atoms with E-state index in [1.54, 1.807) is 18.2 Å². The van der Waals surface area contributed by atoms with Crippen LogP contribution in [0.25, 0.3) is 11.2 Å². The third kappa shape index (κ3) is 2.92. The molecule has 1 saturated heterocycles. The summed E-state index contributed by atoms with van der Waals surface area (Å²) in [6.45, 7) is 3.06. The number of aliphatic hydroxyl groups is 1. The lowest BCUT2D eigenvalue weighted by Crippen LogP contribution is -2.54. The Morgan fingerprint density at radius 2 is 2.25 bits per heavy atom. The van der Waals surface area contributed by atoms with Crippen molar-refractivity contribution in [3.63, 3.8) is 0 Å². The summed E-state index contributed by atoms with van der Waals surface area (Å²) < 4.78 is 1.83. The largest absolute Gasteiger partial charge is 0.386 e. The van der Waals surface area contributed by atoms with Gasteiger partial charge in [-0.3, -0.25) is 4.79 Å². The molecule has 3 heterocycles. The van der Waals surface area contributed by atoms with E-state index in [0.717, 1.165) is 0 Å². The fourth-order valence-corrected chi connectivity index (χ4v) is 3.32. The number of anilines is 1. The van der Waals surface area contributed by atoms with Gasteiger partial charge in [0.15, 0.2) is 11.5 Å². The number of nitrogen functional groups attached to an aromatic ring is 1. The van der Waals surface area contributed by atoms with Crippen molar-refractivity contribution in [3.05, 3.63) is 12.7 Å². The number of hydrogen-bond donors (Lipinski definition) is 3. The normalized spacial score (nSPS) is 24.5. The Hall–Kier alpha value is -2.26. The van der Waals surface area contributed by atoms with Gasteiger partial charge in [-0.1, -0.05) is 0 Å². The topological polar surface area (TPSA) is 136 Å². The Kier molecular flexibility index (Phi) is 4.37. The summed E-state index contributed by atoms with van der Waals surface area (Å²) in [6.07, 6.45) is 4.69. The van der Waals surface area contributed by atoms with Gasteiger partial charge in [-0.15, -0.1) is 0 Å². The fourth-order valence-electron chi connectivity index (χ4n) is 3.32. The number of amides is 1. The van der Waals surface area contributed by atoms with Crippen molar-refractivity contribution in [2.75, 3.05) is 25.4 Å². The first-order chi connectivity index (χ1) is 11.4. The van der Waals surface area contributed by atoms with Gasteiger partial charge >= 0.3 is 0 Å². The summed E-state index contributed by atoms with van der Waals surface area (Å²) in [5, 5.41) is 10.9. The third-order valence-corrected chi connectivity index (χ3v) is 4.57. The SMILES string of the molecule is C[C@@]1(O)CN(C(=O)CCCN)CC[C@H]1n1cnc2c(N)ncnc21. The van der Waals surface area contributed by atoms with Crippen LogP contribution in [0.1, 0.15) is 32.2 Å². The minimum atomic E-state index is -1.09. The predicted octanol–water partition coefficient (Wildman–Crippen LogP) is -0.328. The van der Waals surface area contributed by atoms with E-state index in [0.29, 0.717) is 49.3 Å². The number of β-amino-alcohol motifs (C(OH)–C–C–N with tert-alkyl or cyclic N) is 1. The van der Waals surface area contributed by atoms with Gasteiger partial charge in [0.1, 0.15) is 17.4 Å². The lowest BCUT2D eigenvalue weighted by atomic mass is 9.88. The molecule has 2 atom stereocenters. The molecule has 0 unspecified atom stereocenters. The van der Waals surface area contributed by atoms with E-state index in [1.807, 2.05) is 4.57 Å². The van der Waals surface area contributed by atoms with Gasteiger partial charge < -0.3 is 26.0 Å². The second-order valence-corrected chi connectivity index (χ2v) is 6.45. The molecule has 0 saturated carbocycles. The monoisotopic (exact) mass is 333 g/mol. The molecule has 1 amide bonds. The molecule has 1 aliphatic heterocycles. The zero-order chi connectivity index (χ0) is 17.3. The average Bonchev–Trinajstić information content (AvgIpc) is 2.96. The van der Waals surface area contributed by atoms with Crippen molar-refractivity contribution in [2.45, 2.75) is 37.8 Å². The van der Waals surface area contributed by atoms with E-state index in [2.05, 4.69) is 15.0 Å². The fraction of sp³-hybridized carbons (Fsp3) is 0.600. The molecule has 0 spiro atoms. The maximum atomic E-state index is 12.2. The summed E-state index contributed by atoms with van der Waals surface area (Å²) in [7, 11) is 0. The van der Waals surface area contributed by atoms with E-state index >= 15 is 0 Å². The molecule has 5 N–H and O–H groups in total. The van der Waals surface area contributed by atoms with Crippen molar-refractivity contribution in [3.8, 4) is 0 Å². The number of carbonyl (C=O) groups is 1. The number of rotatable bonds is 4. The summed E-state index contributed by atoms with van der Waals surface area (Å²) in [4.78, 5) is 26.3. The van der Waals surface area contributed by atoms with Crippen molar-refractivity contribution < 1.29 is 9.90 Å². The molecule has 0 aromatic carbocycles. The van der Waals surface area contributed by atoms with Gasteiger partial charge in [-0.2, -0.15) is 0 Å². The van der Waals surface area contributed by atoms with Crippen molar-refractivity contribution >= 4 is 22.9 Å². The summed E-state index contributed by atoms with van der Waals surface area (Å²) in [5.74, 6) is 0.342. The summed E-state index contributed by atoms with van der Waals surface area (Å²) in [6, 6.07) is -0.240. The third-order valence-electron chi connectivity index (χ3n) is 4.57. The van der Waals surface area contributed by atoms with Crippen LogP contribution in [-0.4, -0.2) is 60.7 Å². The van der Waals surface area contributed by atoms with Crippen molar-refractivity contribution in [1.82, 2.24) is 24.4 Å². The number of aromatic nitrogens is 4. The van der Waals surface area contributed by atoms with Crippen molar-refractivity contribution in [1.29, 1.82) is 0 Å². The van der Waals surface area contributed by atoms with E-state index in [4.69, 9.17) is 11.5 Å². The van der Waals surface area contributed by atoms with Crippen LogP contribution in [0.5, 0.6) is 0 Å². The maximum Gasteiger partial charge on any atom is 0.222 e. The van der Waals surface area contributed by atoms with Crippen molar-refractivity contribution in [2.24, 2.45) is 5.73 Å². The lowest BCUT2D eigenvalue weighted by Gasteiger charge is -2.43. The van der Waals surface area contributed by atoms with Gasteiger partial charge in [0, 0.05) is 13.0 Å². The van der Waals surface area contributed by atoms with Crippen LogP contribution in [0.2, 0.25) is 0 Å². The molecular formula is C15H23N7O2. The summed E-state index contributed by atoms with van der Waals surface area (Å²) in [5.41, 5.74) is 11.3. The molecule has 0 aliphatic carbocycles. The second kappa shape index (κ2) is 6.33. The van der Waals surface area contributed by atoms with Crippen LogP contribution in [-0.2, 0) is 4.79 Å². The van der Waals surface area contributed by atoms with Crippen LogP contribution < -0.4 is 11.5 Å². The second-order valence-electron chi connectivity index (χ2n) is 6.45. The standard InChI is InChI=1S/C15H23N7O2/c1-15(24)7-21(11(23)3-2-5-16)6-4-10(15)22-9-20-12-13(17)18-8-19-14(12)22/h8-10,24H,2-7,16H2,1H3,(H2,17,18,19)/t10-,15-/m1/s1. The van der Waals surface area contributed by atoms with E-state index < -0.39 is 5.60 Å². The number of hydrogen-bond acceptors (Lipinski definition) is 7. The molecule has 2 aromatic heterocycles. The van der Waals surface area contributed by atoms with Crippen LogP contribution >= 0.6 is 0 Å². The lowest BCUT2D eigenvalue weighted by molar-refractivity contribution is -0.140. The quantitative estimate of drug-likeness (QED) is 0.697. The number of piperidine rings is 1. The van der Waals surface area contributed by atoms with E-state index in [1.165, 1.54) is 6.33 Å². The number of fused-ring (bicyclic) bond motifs is 1. The Bertz CT molecular complexity index is 742. The molecule has 1 fully saturated rings. The number of nitrogens with two attached hydrogens (primary N) is 2. The van der Waals surface area contributed by atoms with Gasteiger partial charge in [0.25, 0.3) is 0 Å². The Morgan fingerprint density at radius 3 is 2.96 bits per heavy atom. The Labute approximate surface area is 139 Å². The minimum Gasteiger partial charge on any atom is -0.386 e. The van der Waals surface area contributed by atoms with Gasteiger partial charge in [0.05, 0.1) is 18.9 Å². The highest BCUT2D eigenvalue weighted by Gasteiger charge is 2.41.